The molecule has 14 heteroatoms. The minimum Gasteiger partial charge on any atom is -0.371 e. The molecule has 0 radical (unpaired) electrons. The molecule has 2 N–H and O–H groups in total. The highest BCUT2D eigenvalue weighted by Gasteiger charge is 2.29. The number of urea groups is 1. The van der Waals surface area contributed by atoms with Crippen molar-refractivity contribution < 1.29 is 23.6 Å². The van der Waals surface area contributed by atoms with Gasteiger partial charge in [-0.25, -0.2) is 9.18 Å². The number of aryl methyl sites for hydroxylation is 1. The molecule has 0 atom stereocenters. The second-order valence-electron chi connectivity index (χ2n) is 16.0. The molecule has 2 saturated heterocycles. The van der Waals surface area contributed by atoms with Crippen LogP contribution in [0.2, 0.25) is 0 Å². The number of imide groups is 1. The highest BCUT2D eigenvalue weighted by molar-refractivity contribution is 6.11. The Bertz CT molecular complexity index is 2660. The van der Waals surface area contributed by atoms with Crippen LogP contribution in [0.5, 0.6) is 0 Å². The topological polar surface area (TPSA) is 140 Å². The predicted molar refractivity (Wildman–Crippen MR) is 229 cm³/mol. The Labute approximate surface area is 346 Å². The summed E-state index contributed by atoms with van der Waals surface area (Å²) in [7, 11) is 3.34. The quantitative estimate of drug-likeness (QED) is 0.161. The van der Waals surface area contributed by atoms with Gasteiger partial charge in [-0.1, -0.05) is 42.5 Å². The summed E-state index contributed by atoms with van der Waals surface area (Å²) >= 11 is 0. The van der Waals surface area contributed by atoms with Gasteiger partial charge in [0.1, 0.15) is 5.69 Å². The minimum atomic E-state index is -0.446. The summed E-state index contributed by atoms with van der Waals surface area (Å²) in [6.07, 6.45) is 12.1. The van der Waals surface area contributed by atoms with Gasteiger partial charge in [0, 0.05) is 112 Å². The number of rotatable bonds is 9. The smallest absolute Gasteiger partial charge is 0.328 e. The van der Waals surface area contributed by atoms with Crippen molar-refractivity contribution in [2.24, 2.45) is 0 Å². The lowest BCUT2D eigenvalue weighted by Gasteiger charge is -2.35. The predicted octanol–water partition coefficient (Wildman–Crippen LogP) is 6.96. The zero-order chi connectivity index (χ0) is 41.5. The fourth-order valence-corrected chi connectivity index (χ4v) is 8.88. The molecule has 0 bridgehead atoms. The maximum atomic E-state index is 16.6. The van der Waals surface area contributed by atoms with Crippen LogP contribution in [-0.4, -0.2) is 100 Å². The van der Waals surface area contributed by atoms with Gasteiger partial charge in [-0.05, 0) is 71.7 Å². The molecule has 3 aromatic carbocycles. The van der Waals surface area contributed by atoms with Crippen LogP contribution in [0.3, 0.4) is 0 Å². The lowest BCUT2D eigenvalue weighted by molar-refractivity contribution is -0.131. The maximum Gasteiger partial charge on any atom is 0.328 e. The summed E-state index contributed by atoms with van der Waals surface area (Å²) in [5.74, 6) is -0.649. The van der Waals surface area contributed by atoms with Crippen molar-refractivity contribution in [2.75, 3.05) is 56.6 Å². The minimum absolute atomic E-state index is 0.00998. The summed E-state index contributed by atoms with van der Waals surface area (Å²) in [6, 6.07) is 19.6. The molecule has 9 rings (SSSR count). The monoisotopic (exact) mass is 807 g/mol. The Balaban J connectivity index is 0.954. The molecular weight excluding hydrogens is 762 g/mol. The van der Waals surface area contributed by atoms with Crippen molar-refractivity contribution in [1.29, 1.82) is 0 Å². The third-order valence-corrected chi connectivity index (χ3v) is 12.1. The lowest BCUT2D eigenvalue weighted by Crippen LogP contribution is -2.49. The molecule has 0 saturated carbocycles. The number of amides is 5. The standard InChI is InChI=1S/C46H46FN9O4/c1-52(2)45(59)38-25-36-34(24-35(43(47)44(36)50-38)32-6-4-18-54(28-32)42(58)16-22-55-19-5-17-49-55)31-11-9-29(10-12-31)30-13-20-53(21-14-30)39-8-3-7-33-37(39)26-48-27-40(33)56-23-15-41(57)51-46(56)60/h3,5-12,17,19,24-27,30,50H,4,13-16,18,20-23,28H2,1-2H3,(H,51,57,60). The van der Waals surface area contributed by atoms with Crippen molar-refractivity contribution in [3.05, 3.63) is 114 Å². The number of nitrogens with zero attached hydrogens (tertiary/aromatic N) is 7. The molecule has 3 aromatic heterocycles. The molecule has 3 aliphatic rings. The number of aromatic amines is 1. The van der Waals surface area contributed by atoms with Gasteiger partial charge in [0.05, 0.1) is 17.4 Å². The summed E-state index contributed by atoms with van der Waals surface area (Å²) in [4.78, 5) is 65.7. The number of carbonyl (C=O) groups is 4. The molecule has 6 aromatic rings. The van der Waals surface area contributed by atoms with E-state index in [9.17, 15) is 19.2 Å². The highest BCUT2D eigenvalue weighted by atomic mass is 19.1. The van der Waals surface area contributed by atoms with Gasteiger partial charge in [0.15, 0.2) is 5.82 Å². The van der Waals surface area contributed by atoms with Gasteiger partial charge >= 0.3 is 6.03 Å². The van der Waals surface area contributed by atoms with Crippen LogP contribution in [0.4, 0.5) is 20.6 Å². The molecule has 0 spiro atoms. The third kappa shape index (κ3) is 7.37. The number of pyridine rings is 1. The zero-order valence-electron chi connectivity index (χ0n) is 33.7. The van der Waals surface area contributed by atoms with E-state index in [4.69, 9.17) is 0 Å². The van der Waals surface area contributed by atoms with Crippen molar-refractivity contribution >= 4 is 62.4 Å². The SMILES string of the molecule is CN(C)C(=O)c1cc2c(-c3ccc(C4CCN(c5cccc6c(N7CCC(=O)NC7=O)cncc56)CC4)cc3)cc(C3=CCCN(C(=O)CCn4cccn4)C3)c(F)c2[nH]1. The normalized spacial score (nSPS) is 16.4. The van der Waals surface area contributed by atoms with Crippen molar-refractivity contribution in [1.82, 2.24) is 34.9 Å². The summed E-state index contributed by atoms with van der Waals surface area (Å²) in [5.41, 5.74) is 6.39. The van der Waals surface area contributed by atoms with Crippen LogP contribution < -0.4 is 15.1 Å². The van der Waals surface area contributed by atoms with Gasteiger partial charge < -0.3 is 19.7 Å². The third-order valence-electron chi connectivity index (χ3n) is 12.1. The first-order chi connectivity index (χ1) is 29.1. The number of nitrogens with one attached hydrogen (secondary N) is 2. The van der Waals surface area contributed by atoms with Crippen LogP contribution in [0.15, 0.2) is 91.5 Å². The molecule has 60 heavy (non-hydrogen) atoms. The van der Waals surface area contributed by atoms with E-state index in [0.717, 1.165) is 59.1 Å². The highest BCUT2D eigenvalue weighted by Crippen LogP contribution is 2.40. The molecule has 6 heterocycles. The van der Waals surface area contributed by atoms with Crippen LogP contribution in [0.25, 0.3) is 38.4 Å². The Hall–Kier alpha value is -6.83. The molecule has 3 aliphatic heterocycles. The van der Waals surface area contributed by atoms with Crippen LogP contribution in [0.1, 0.15) is 59.6 Å². The fraction of sp³-hybridized carbons (Fsp3) is 0.304. The summed E-state index contributed by atoms with van der Waals surface area (Å²) < 4.78 is 18.4. The average Bonchev–Trinajstić information content (AvgIpc) is 3.97. The van der Waals surface area contributed by atoms with Gasteiger partial charge in [-0.15, -0.1) is 0 Å². The second kappa shape index (κ2) is 16.1. The fourth-order valence-electron chi connectivity index (χ4n) is 8.88. The number of H-pyrrole nitrogens is 1. The van der Waals surface area contributed by atoms with E-state index in [1.165, 1.54) is 10.5 Å². The number of hydrogen-bond acceptors (Lipinski definition) is 7. The van der Waals surface area contributed by atoms with Gasteiger partial charge in [-0.2, -0.15) is 5.10 Å². The number of anilines is 2. The summed E-state index contributed by atoms with van der Waals surface area (Å²) in [5, 5.41) is 9.11. The average molecular weight is 808 g/mol. The van der Waals surface area contributed by atoms with Gasteiger partial charge in [0.2, 0.25) is 11.8 Å². The van der Waals surface area contributed by atoms with Crippen molar-refractivity contribution in [2.45, 2.75) is 44.6 Å². The Morgan fingerprint density at radius 1 is 0.900 bits per heavy atom. The first-order valence-electron chi connectivity index (χ1n) is 20.5. The van der Waals surface area contributed by atoms with E-state index in [-0.39, 0.29) is 36.2 Å². The second-order valence-corrected chi connectivity index (χ2v) is 16.0. The molecule has 5 amide bonds. The van der Waals surface area contributed by atoms with E-state index >= 15 is 4.39 Å². The van der Waals surface area contributed by atoms with Crippen LogP contribution in [0, 0.1) is 5.82 Å². The molecule has 13 nitrogen and oxygen atoms in total. The number of piperidine rings is 1. The Kier molecular flexibility index (Phi) is 10.4. The first kappa shape index (κ1) is 38.7. The van der Waals surface area contributed by atoms with Gasteiger partial charge in [-0.3, -0.25) is 34.3 Å². The molecule has 306 valence electrons. The Morgan fingerprint density at radius 3 is 2.47 bits per heavy atom. The number of aromatic nitrogens is 4. The van der Waals surface area contributed by atoms with Crippen LogP contribution >= 0.6 is 0 Å². The first-order valence-corrected chi connectivity index (χ1v) is 20.5. The zero-order valence-corrected chi connectivity index (χ0v) is 33.7. The van der Waals surface area contributed by atoms with E-state index in [0.29, 0.717) is 60.7 Å². The van der Waals surface area contributed by atoms with E-state index in [2.05, 4.69) is 55.6 Å². The number of fused-ring (bicyclic) bond motifs is 2. The van der Waals surface area contributed by atoms with E-state index in [1.54, 1.807) is 47.0 Å². The lowest BCUT2D eigenvalue weighted by atomic mass is 9.87. The maximum absolute atomic E-state index is 16.6. The number of carbonyl (C=O) groups excluding carboxylic acids is 4. The number of hydrogen-bond donors (Lipinski definition) is 2. The molecule has 2 fully saturated rings. The molecule has 0 aliphatic carbocycles. The van der Waals surface area contributed by atoms with Crippen molar-refractivity contribution in [3.63, 3.8) is 0 Å². The largest absolute Gasteiger partial charge is 0.371 e. The van der Waals surface area contributed by atoms with E-state index < -0.39 is 11.8 Å². The molecule has 0 unspecified atom stereocenters. The number of halogens is 1. The number of benzene rings is 3. The van der Waals surface area contributed by atoms with Gasteiger partial charge in [0.25, 0.3) is 5.91 Å². The van der Waals surface area contributed by atoms with Crippen LogP contribution in [-0.2, 0) is 16.1 Å². The van der Waals surface area contributed by atoms with Crippen molar-refractivity contribution in [3.8, 4) is 11.1 Å². The molecular formula is C46H46FN9O4. The Morgan fingerprint density at radius 2 is 1.72 bits per heavy atom. The summed E-state index contributed by atoms with van der Waals surface area (Å²) in [6.45, 7) is 3.30. The van der Waals surface area contributed by atoms with E-state index in [1.807, 2.05) is 42.7 Å².